The van der Waals surface area contributed by atoms with Crippen LogP contribution in [0, 0.1) is 0 Å². The highest BCUT2D eigenvalue weighted by Gasteiger charge is 2.40. The van der Waals surface area contributed by atoms with Gasteiger partial charge in [-0.2, -0.15) is 0 Å². The minimum absolute atomic E-state index is 0.130. The zero-order valence-electron chi connectivity index (χ0n) is 22.9. The van der Waals surface area contributed by atoms with E-state index in [2.05, 4.69) is 82.5 Å². The molecule has 3 nitrogen and oxygen atoms in total. The molecule has 1 aromatic rings. The Hall–Kier alpha value is -0.303. The van der Waals surface area contributed by atoms with Gasteiger partial charge < -0.3 is 14.3 Å². The number of aliphatic hydroxyl groups is 1. The van der Waals surface area contributed by atoms with Gasteiger partial charge in [0.2, 0.25) is 0 Å². The second-order valence-electron chi connectivity index (χ2n) is 11.4. The molecule has 1 N–H and O–H groups in total. The normalized spacial score (nSPS) is 17.4. The molecule has 1 aromatic carbocycles. The molecule has 0 bridgehead atoms. The van der Waals surface area contributed by atoms with Crippen LogP contribution in [0.3, 0.4) is 0 Å². The number of ether oxygens (including phenoxy) is 1. The van der Waals surface area contributed by atoms with E-state index in [1.807, 2.05) is 0 Å². The SMILES string of the molecule is CCCCCCC[C@@H](O)CC1(CCc2ccc(O[Si](C)(C)C(C)(C)C)c(OC)c2)SCCCS1. The quantitative estimate of drug-likeness (QED) is 0.194. The molecule has 0 aromatic heterocycles. The van der Waals surface area contributed by atoms with Gasteiger partial charge in [-0.05, 0) is 79.4 Å². The monoisotopic (exact) mass is 526 g/mol. The number of aryl methyl sites for hydroxylation is 1. The van der Waals surface area contributed by atoms with Crippen molar-refractivity contribution in [2.45, 2.75) is 120 Å². The average molecular weight is 527 g/mol. The first kappa shape index (κ1) is 29.9. The first-order valence-electron chi connectivity index (χ1n) is 13.3. The van der Waals surface area contributed by atoms with Crippen LogP contribution in [0.4, 0.5) is 0 Å². The second kappa shape index (κ2) is 13.9. The molecule has 0 radical (unpaired) electrons. The fraction of sp³-hybridized carbons (Fsp3) is 0.786. The molecule has 1 aliphatic rings. The van der Waals surface area contributed by atoms with Crippen molar-refractivity contribution in [3.8, 4) is 11.5 Å². The zero-order valence-corrected chi connectivity index (χ0v) is 25.5. The van der Waals surface area contributed by atoms with Gasteiger partial charge in [-0.25, -0.2) is 0 Å². The van der Waals surface area contributed by atoms with Crippen molar-refractivity contribution >= 4 is 31.8 Å². The van der Waals surface area contributed by atoms with E-state index in [1.165, 1.54) is 49.2 Å². The third-order valence-corrected chi connectivity index (χ3v) is 15.2. The summed E-state index contributed by atoms with van der Waals surface area (Å²) in [6, 6.07) is 6.48. The molecule has 0 spiro atoms. The van der Waals surface area contributed by atoms with Crippen LogP contribution >= 0.6 is 23.5 Å². The number of benzene rings is 1. The first-order chi connectivity index (χ1) is 16.0. The molecule has 1 saturated heterocycles. The Morgan fingerprint density at radius 1 is 1.06 bits per heavy atom. The van der Waals surface area contributed by atoms with Crippen molar-refractivity contribution in [3.05, 3.63) is 23.8 Å². The van der Waals surface area contributed by atoms with Gasteiger partial charge in [-0.3, -0.25) is 0 Å². The van der Waals surface area contributed by atoms with Crippen LogP contribution in [-0.2, 0) is 6.42 Å². The molecule has 34 heavy (non-hydrogen) atoms. The smallest absolute Gasteiger partial charge is 0.250 e. The summed E-state index contributed by atoms with van der Waals surface area (Å²) >= 11 is 4.16. The number of aliphatic hydroxyl groups excluding tert-OH is 1. The van der Waals surface area contributed by atoms with Crippen LogP contribution in [0.15, 0.2) is 18.2 Å². The second-order valence-corrected chi connectivity index (χ2v) is 19.3. The van der Waals surface area contributed by atoms with E-state index < -0.39 is 8.32 Å². The van der Waals surface area contributed by atoms with Gasteiger partial charge in [-0.15, -0.1) is 23.5 Å². The van der Waals surface area contributed by atoms with E-state index >= 15 is 0 Å². The summed E-state index contributed by atoms with van der Waals surface area (Å²) in [4.78, 5) is 0. The summed E-state index contributed by atoms with van der Waals surface area (Å²) in [5, 5.41) is 11.0. The number of thioether (sulfide) groups is 2. The highest BCUT2D eigenvalue weighted by molar-refractivity contribution is 8.18. The van der Waals surface area contributed by atoms with Crippen molar-refractivity contribution in [2.24, 2.45) is 0 Å². The summed E-state index contributed by atoms with van der Waals surface area (Å²) in [5.41, 5.74) is 1.29. The Bertz CT molecular complexity index is 727. The van der Waals surface area contributed by atoms with Gasteiger partial charge in [-0.1, -0.05) is 65.9 Å². The van der Waals surface area contributed by atoms with Crippen LogP contribution in [0.2, 0.25) is 18.1 Å². The maximum absolute atomic E-state index is 10.9. The predicted octanol–water partition coefficient (Wildman–Crippen LogP) is 8.69. The first-order valence-corrected chi connectivity index (χ1v) is 18.2. The number of rotatable bonds is 14. The zero-order chi connectivity index (χ0) is 25.2. The van der Waals surface area contributed by atoms with E-state index in [9.17, 15) is 5.11 Å². The molecule has 0 aliphatic carbocycles. The third kappa shape index (κ3) is 9.29. The van der Waals surface area contributed by atoms with E-state index in [0.29, 0.717) is 0 Å². The highest BCUT2D eigenvalue weighted by atomic mass is 32.2. The van der Waals surface area contributed by atoms with Crippen molar-refractivity contribution in [1.29, 1.82) is 0 Å². The maximum Gasteiger partial charge on any atom is 0.250 e. The Balaban J connectivity index is 2.01. The summed E-state index contributed by atoms with van der Waals surface area (Å²) < 4.78 is 12.4. The molecule has 6 heteroatoms. The van der Waals surface area contributed by atoms with Crippen molar-refractivity contribution < 1.29 is 14.3 Å². The van der Waals surface area contributed by atoms with Crippen molar-refractivity contribution in [2.75, 3.05) is 18.6 Å². The third-order valence-electron chi connectivity index (χ3n) is 7.40. The maximum atomic E-state index is 10.9. The van der Waals surface area contributed by atoms with Gasteiger partial charge in [0.05, 0.1) is 17.3 Å². The van der Waals surface area contributed by atoms with Crippen LogP contribution < -0.4 is 9.16 Å². The molecule has 2 rings (SSSR count). The molecule has 0 unspecified atom stereocenters. The molecule has 1 atom stereocenters. The lowest BCUT2D eigenvalue weighted by molar-refractivity contribution is 0.146. The van der Waals surface area contributed by atoms with Gasteiger partial charge >= 0.3 is 0 Å². The standard InChI is InChI=1S/C28H50O3S2Si/c1-8-9-10-11-12-14-24(29)22-28(32-19-13-20-33-28)18-17-23-15-16-25(26(21-23)30-5)31-34(6,7)27(2,3)4/h15-16,21,24,29H,8-14,17-20,22H2,1-7H3/t24-/m1/s1. The minimum atomic E-state index is -1.92. The van der Waals surface area contributed by atoms with Gasteiger partial charge in [0.15, 0.2) is 5.75 Å². The summed E-state index contributed by atoms with van der Waals surface area (Å²) in [5.74, 6) is 4.12. The molecule has 1 fully saturated rings. The summed E-state index contributed by atoms with van der Waals surface area (Å²) in [7, 11) is -0.181. The minimum Gasteiger partial charge on any atom is -0.541 e. The Morgan fingerprint density at radius 2 is 1.74 bits per heavy atom. The number of unbranched alkanes of at least 4 members (excludes halogenated alkanes) is 4. The van der Waals surface area contributed by atoms with Crippen LogP contribution in [-0.4, -0.2) is 42.2 Å². The van der Waals surface area contributed by atoms with Gasteiger partial charge in [0.25, 0.3) is 8.32 Å². The number of hydrogen-bond acceptors (Lipinski definition) is 5. The lowest BCUT2D eigenvalue weighted by atomic mass is 10.0. The molecule has 1 heterocycles. The number of methoxy groups -OCH3 is 1. The van der Waals surface area contributed by atoms with E-state index in [1.54, 1.807) is 7.11 Å². The van der Waals surface area contributed by atoms with Crippen LogP contribution in [0.1, 0.15) is 91.0 Å². The van der Waals surface area contributed by atoms with Crippen molar-refractivity contribution in [1.82, 2.24) is 0 Å². The topological polar surface area (TPSA) is 38.7 Å². The molecular formula is C28H50O3S2Si. The fourth-order valence-corrected chi connectivity index (χ4v) is 8.62. The Labute approximate surface area is 219 Å². The van der Waals surface area contributed by atoms with Gasteiger partial charge in [0, 0.05) is 0 Å². The van der Waals surface area contributed by atoms with Crippen LogP contribution in [0.5, 0.6) is 11.5 Å². The lowest BCUT2D eigenvalue weighted by Crippen LogP contribution is -2.43. The Morgan fingerprint density at radius 3 is 2.35 bits per heavy atom. The average Bonchev–Trinajstić information content (AvgIpc) is 2.78. The largest absolute Gasteiger partial charge is 0.541 e. The molecule has 196 valence electrons. The van der Waals surface area contributed by atoms with E-state index in [0.717, 1.165) is 43.6 Å². The van der Waals surface area contributed by atoms with Gasteiger partial charge in [0.1, 0.15) is 5.75 Å². The molecule has 0 saturated carbocycles. The fourth-order valence-electron chi connectivity index (χ4n) is 4.14. The number of hydrogen-bond donors (Lipinski definition) is 1. The molecule has 1 aliphatic heterocycles. The summed E-state index contributed by atoms with van der Waals surface area (Å²) in [6.45, 7) is 13.6. The van der Waals surface area contributed by atoms with E-state index in [-0.39, 0.29) is 15.2 Å². The molecule has 0 amide bonds. The predicted molar refractivity (Wildman–Crippen MR) is 155 cm³/mol. The van der Waals surface area contributed by atoms with Crippen LogP contribution in [0.25, 0.3) is 0 Å². The van der Waals surface area contributed by atoms with E-state index in [4.69, 9.17) is 9.16 Å². The lowest BCUT2D eigenvalue weighted by Gasteiger charge is -2.38. The van der Waals surface area contributed by atoms with Crippen molar-refractivity contribution in [3.63, 3.8) is 0 Å². The summed E-state index contributed by atoms with van der Waals surface area (Å²) in [6.07, 6.45) is 11.3. The Kier molecular flexibility index (Phi) is 12.2. The molecular weight excluding hydrogens is 477 g/mol. The highest BCUT2D eigenvalue weighted by Crippen LogP contribution is 2.49.